The summed E-state index contributed by atoms with van der Waals surface area (Å²) in [5, 5.41) is 13.9. The normalized spacial score (nSPS) is 10.6. The van der Waals surface area contributed by atoms with E-state index >= 15 is 0 Å². The molecule has 0 atom stereocenters. The number of nitro groups is 1. The first-order valence-electron chi connectivity index (χ1n) is 7.71. The zero-order valence-electron chi connectivity index (χ0n) is 14.2. The van der Waals surface area contributed by atoms with Crippen molar-refractivity contribution in [1.29, 1.82) is 0 Å². The molecule has 25 heavy (non-hydrogen) atoms. The van der Waals surface area contributed by atoms with E-state index in [0.717, 1.165) is 17.4 Å². The van der Waals surface area contributed by atoms with E-state index in [1.165, 1.54) is 6.07 Å². The van der Waals surface area contributed by atoms with Gasteiger partial charge in [0, 0.05) is 31.3 Å². The topological polar surface area (TPSA) is 88.4 Å². The minimum Gasteiger partial charge on any atom is -0.339 e. The SMILES string of the molecule is CC(=O)N(Cc1ccc(Nc2ncc([N+](=O)[O-])cc2Cl)cc1)C(C)C. The maximum Gasteiger partial charge on any atom is 0.289 e. The average Bonchev–Trinajstić information content (AvgIpc) is 2.55. The van der Waals surface area contributed by atoms with Crippen LogP contribution in [0.1, 0.15) is 26.3 Å². The first kappa shape index (κ1) is 18.7. The van der Waals surface area contributed by atoms with Crippen molar-refractivity contribution in [2.24, 2.45) is 0 Å². The van der Waals surface area contributed by atoms with Gasteiger partial charge in [0.25, 0.3) is 5.69 Å². The number of benzene rings is 1. The van der Waals surface area contributed by atoms with Crippen molar-refractivity contribution < 1.29 is 9.72 Å². The number of anilines is 2. The van der Waals surface area contributed by atoms with Gasteiger partial charge in [0.2, 0.25) is 5.91 Å². The third kappa shape index (κ3) is 4.90. The molecule has 1 heterocycles. The number of rotatable bonds is 6. The van der Waals surface area contributed by atoms with Crippen molar-refractivity contribution in [1.82, 2.24) is 9.88 Å². The second-order valence-electron chi connectivity index (χ2n) is 5.84. The second-order valence-corrected chi connectivity index (χ2v) is 6.25. The van der Waals surface area contributed by atoms with Gasteiger partial charge in [-0.2, -0.15) is 0 Å². The van der Waals surface area contributed by atoms with Crippen molar-refractivity contribution >= 4 is 34.7 Å². The molecule has 0 radical (unpaired) electrons. The van der Waals surface area contributed by atoms with Gasteiger partial charge in [-0.25, -0.2) is 4.98 Å². The standard InChI is InChI=1S/C17H19ClN4O3/c1-11(2)21(12(3)23)10-13-4-6-14(7-5-13)20-17-16(18)8-15(9-19-17)22(24)25/h4-9,11H,10H2,1-3H3,(H,19,20). The smallest absolute Gasteiger partial charge is 0.289 e. The van der Waals surface area contributed by atoms with E-state index in [2.05, 4.69) is 10.3 Å². The largest absolute Gasteiger partial charge is 0.339 e. The van der Waals surface area contributed by atoms with E-state index in [-0.39, 0.29) is 22.7 Å². The number of hydrogen-bond donors (Lipinski definition) is 1. The van der Waals surface area contributed by atoms with Crippen molar-refractivity contribution in [2.75, 3.05) is 5.32 Å². The van der Waals surface area contributed by atoms with Crippen LogP contribution < -0.4 is 5.32 Å². The van der Waals surface area contributed by atoms with Crippen LogP contribution in [0.5, 0.6) is 0 Å². The molecule has 8 heteroatoms. The lowest BCUT2D eigenvalue weighted by atomic mass is 10.1. The lowest BCUT2D eigenvalue weighted by Gasteiger charge is -2.25. The highest BCUT2D eigenvalue weighted by Gasteiger charge is 2.13. The Morgan fingerprint density at radius 1 is 1.36 bits per heavy atom. The van der Waals surface area contributed by atoms with Crippen LogP contribution in [0.4, 0.5) is 17.2 Å². The van der Waals surface area contributed by atoms with Gasteiger partial charge in [-0.3, -0.25) is 14.9 Å². The van der Waals surface area contributed by atoms with E-state index < -0.39 is 4.92 Å². The van der Waals surface area contributed by atoms with Crippen LogP contribution in [-0.4, -0.2) is 26.8 Å². The molecule has 0 spiro atoms. The first-order valence-corrected chi connectivity index (χ1v) is 8.09. The van der Waals surface area contributed by atoms with Gasteiger partial charge in [0.15, 0.2) is 0 Å². The van der Waals surface area contributed by atoms with Gasteiger partial charge in [0.05, 0.1) is 9.95 Å². The second kappa shape index (κ2) is 7.94. The summed E-state index contributed by atoms with van der Waals surface area (Å²) in [5.41, 5.74) is 1.58. The molecule has 132 valence electrons. The lowest BCUT2D eigenvalue weighted by Crippen LogP contribution is -2.34. The summed E-state index contributed by atoms with van der Waals surface area (Å²) in [6, 6.07) is 8.86. The van der Waals surface area contributed by atoms with Crippen LogP contribution in [0.2, 0.25) is 5.02 Å². The fourth-order valence-corrected chi connectivity index (χ4v) is 2.51. The number of pyridine rings is 1. The molecule has 7 nitrogen and oxygen atoms in total. The van der Waals surface area contributed by atoms with E-state index in [9.17, 15) is 14.9 Å². The van der Waals surface area contributed by atoms with Gasteiger partial charge < -0.3 is 10.2 Å². The molecule has 0 unspecified atom stereocenters. The highest BCUT2D eigenvalue weighted by molar-refractivity contribution is 6.33. The number of carbonyl (C=O) groups is 1. The van der Waals surface area contributed by atoms with E-state index in [0.29, 0.717) is 12.4 Å². The van der Waals surface area contributed by atoms with Gasteiger partial charge in [-0.15, -0.1) is 0 Å². The Morgan fingerprint density at radius 2 is 2.00 bits per heavy atom. The predicted octanol–water partition coefficient (Wildman–Crippen LogP) is 4.14. The van der Waals surface area contributed by atoms with E-state index in [1.54, 1.807) is 11.8 Å². The van der Waals surface area contributed by atoms with Crippen molar-refractivity contribution in [3.05, 3.63) is 57.2 Å². The van der Waals surface area contributed by atoms with Gasteiger partial charge >= 0.3 is 0 Å². The maximum absolute atomic E-state index is 11.7. The zero-order valence-corrected chi connectivity index (χ0v) is 14.9. The van der Waals surface area contributed by atoms with Gasteiger partial charge in [-0.05, 0) is 31.5 Å². The third-order valence-corrected chi connectivity index (χ3v) is 3.92. The highest BCUT2D eigenvalue weighted by atomic mass is 35.5. The number of halogens is 1. The summed E-state index contributed by atoms with van der Waals surface area (Å²) in [7, 11) is 0. The van der Waals surface area contributed by atoms with Crippen molar-refractivity contribution in [3.8, 4) is 0 Å². The number of carbonyl (C=O) groups excluding carboxylic acids is 1. The minimum atomic E-state index is -0.549. The Labute approximate surface area is 150 Å². The molecule has 0 bridgehead atoms. The number of aromatic nitrogens is 1. The van der Waals surface area contributed by atoms with Crippen molar-refractivity contribution in [2.45, 2.75) is 33.4 Å². The summed E-state index contributed by atoms with van der Waals surface area (Å²) in [4.78, 5) is 27.6. The number of hydrogen-bond acceptors (Lipinski definition) is 5. The monoisotopic (exact) mass is 362 g/mol. The first-order chi connectivity index (χ1) is 11.8. The minimum absolute atomic E-state index is 0.0269. The van der Waals surface area contributed by atoms with Gasteiger partial charge in [-0.1, -0.05) is 23.7 Å². The Bertz CT molecular complexity index is 778. The Hall–Kier alpha value is -2.67. The van der Waals surface area contributed by atoms with Crippen LogP contribution in [0.15, 0.2) is 36.5 Å². The van der Waals surface area contributed by atoms with E-state index in [4.69, 9.17) is 11.6 Å². The Kier molecular flexibility index (Phi) is 5.93. The molecule has 1 N–H and O–H groups in total. The van der Waals surface area contributed by atoms with Crippen LogP contribution in [-0.2, 0) is 11.3 Å². The molecular formula is C17H19ClN4O3. The summed E-state index contributed by atoms with van der Waals surface area (Å²) in [5.74, 6) is 0.367. The van der Waals surface area contributed by atoms with Crippen LogP contribution >= 0.6 is 11.6 Å². The van der Waals surface area contributed by atoms with Crippen LogP contribution in [0.25, 0.3) is 0 Å². The molecule has 0 aliphatic carbocycles. The maximum atomic E-state index is 11.7. The molecule has 1 amide bonds. The predicted molar refractivity (Wildman–Crippen MR) is 97.0 cm³/mol. The molecule has 0 aliphatic rings. The molecule has 1 aromatic carbocycles. The molecule has 0 aliphatic heterocycles. The fourth-order valence-electron chi connectivity index (χ4n) is 2.30. The third-order valence-electron chi connectivity index (χ3n) is 3.63. The molecular weight excluding hydrogens is 344 g/mol. The zero-order chi connectivity index (χ0) is 18.6. The molecule has 2 aromatic rings. The Morgan fingerprint density at radius 3 is 2.48 bits per heavy atom. The lowest BCUT2D eigenvalue weighted by molar-refractivity contribution is -0.385. The number of nitrogens with zero attached hydrogens (tertiary/aromatic N) is 3. The summed E-state index contributed by atoms with van der Waals surface area (Å²) >= 11 is 6.02. The average molecular weight is 363 g/mol. The molecule has 2 rings (SSSR count). The summed E-state index contributed by atoms with van der Waals surface area (Å²) < 4.78 is 0. The quantitative estimate of drug-likeness (QED) is 0.616. The highest BCUT2D eigenvalue weighted by Crippen LogP contribution is 2.26. The molecule has 1 aromatic heterocycles. The van der Waals surface area contributed by atoms with Gasteiger partial charge in [0.1, 0.15) is 12.0 Å². The Balaban J connectivity index is 2.10. The number of nitrogens with one attached hydrogen (secondary N) is 1. The number of amides is 1. The van der Waals surface area contributed by atoms with Crippen molar-refractivity contribution in [3.63, 3.8) is 0 Å². The van der Waals surface area contributed by atoms with E-state index in [1.807, 2.05) is 38.1 Å². The summed E-state index contributed by atoms with van der Waals surface area (Å²) in [6.07, 6.45) is 1.15. The molecule has 0 saturated heterocycles. The molecule has 0 fully saturated rings. The van der Waals surface area contributed by atoms with Crippen LogP contribution in [0.3, 0.4) is 0 Å². The molecule has 0 saturated carbocycles. The summed E-state index contributed by atoms with van der Waals surface area (Å²) in [6.45, 7) is 6.03. The fraction of sp³-hybridized carbons (Fsp3) is 0.294. The van der Waals surface area contributed by atoms with Crippen LogP contribution in [0, 0.1) is 10.1 Å².